The first-order valence-electron chi connectivity index (χ1n) is 12.3. The van der Waals surface area contributed by atoms with Crippen LogP contribution in [0.5, 0.6) is 5.75 Å². The van der Waals surface area contributed by atoms with Crippen LogP contribution in [0.4, 0.5) is 11.6 Å². The summed E-state index contributed by atoms with van der Waals surface area (Å²) < 4.78 is 0. The second-order valence-corrected chi connectivity index (χ2v) is 10.2. The van der Waals surface area contributed by atoms with E-state index in [1.54, 1.807) is 35.7 Å². The summed E-state index contributed by atoms with van der Waals surface area (Å²) in [6.45, 7) is 4.50. The van der Waals surface area contributed by atoms with Gasteiger partial charge in [0.25, 0.3) is 0 Å². The van der Waals surface area contributed by atoms with Crippen LogP contribution in [0, 0.1) is 0 Å². The monoisotopic (exact) mass is 476 g/mol. The number of hydrogen-bond donors (Lipinski definition) is 2. The Hall–Kier alpha value is -1.47. The predicted octanol–water partition coefficient (Wildman–Crippen LogP) is 8.23. The van der Waals surface area contributed by atoms with Crippen molar-refractivity contribution in [2.75, 3.05) is 16.8 Å². The number of nitrogens with zero attached hydrogens (tertiary/aromatic N) is 3. The molecule has 0 saturated carbocycles. The molecule has 5 nitrogen and oxygen atoms in total. The van der Waals surface area contributed by atoms with Crippen LogP contribution in [-0.2, 0) is 0 Å². The Balaban J connectivity index is 1.91. The van der Waals surface area contributed by atoms with E-state index in [0.29, 0.717) is 11.6 Å². The molecule has 1 aromatic carbocycles. The summed E-state index contributed by atoms with van der Waals surface area (Å²) in [6.07, 6.45) is 15.4. The zero-order chi connectivity index (χ0) is 22.9. The van der Waals surface area contributed by atoms with E-state index >= 15 is 0 Å². The van der Waals surface area contributed by atoms with Crippen molar-refractivity contribution in [3.05, 3.63) is 24.3 Å². The smallest absolute Gasteiger partial charge is 0.232 e. The minimum atomic E-state index is 0.190. The maximum atomic E-state index is 10.1. The van der Waals surface area contributed by atoms with E-state index in [0.717, 1.165) is 21.8 Å². The van der Waals surface area contributed by atoms with Gasteiger partial charge in [-0.1, -0.05) is 114 Å². The topological polar surface area (TPSA) is 70.9 Å². The summed E-state index contributed by atoms with van der Waals surface area (Å²) in [5.41, 5.74) is 0.609. The van der Waals surface area contributed by atoms with Gasteiger partial charge in [0, 0.05) is 11.5 Å². The van der Waals surface area contributed by atoms with Crippen LogP contribution < -0.4 is 5.32 Å². The zero-order valence-electron chi connectivity index (χ0n) is 19.8. The van der Waals surface area contributed by atoms with E-state index in [2.05, 4.69) is 29.1 Å². The molecule has 2 rings (SSSR count). The van der Waals surface area contributed by atoms with Crippen molar-refractivity contribution < 1.29 is 5.11 Å². The summed E-state index contributed by atoms with van der Waals surface area (Å²) in [6, 6.07) is 7.17. The SMILES string of the molecule is CCCCCCCCSc1nc(Nc2ccccc2O)nc(SCCCCCCCC)n1. The molecular formula is C25H40N4OS2. The minimum absolute atomic E-state index is 0.190. The van der Waals surface area contributed by atoms with E-state index in [4.69, 9.17) is 4.98 Å². The number of unbranched alkanes of at least 4 members (excludes halogenated alkanes) is 10. The highest BCUT2D eigenvalue weighted by Gasteiger charge is 2.10. The first-order valence-corrected chi connectivity index (χ1v) is 14.3. The second-order valence-electron chi connectivity index (χ2n) is 8.10. The molecule has 7 heteroatoms. The Bertz CT molecular complexity index is 724. The van der Waals surface area contributed by atoms with Crippen molar-refractivity contribution in [3.8, 4) is 5.75 Å². The molecule has 0 unspecified atom stereocenters. The van der Waals surface area contributed by atoms with Gasteiger partial charge in [0.1, 0.15) is 5.75 Å². The molecule has 0 aliphatic carbocycles. The molecule has 178 valence electrons. The van der Waals surface area contributed by atoms with Gasteiger partial charge in [-0.15, -0.1) is 0 Å². The fourth-order valence-electron chi connectivity index (χ4n) is 3.31. The first kappa shape index (κ1) is 26.8. The van der Waals surface area contributed by atoms with Crippen molar-refractivity contribution in [1.29, 1.82) is 0 Å². The van der Waals surface area contributed by atoms with Gasteiger partial charge in [0.2, 0.25) is 5.95 Å². The largest absolute Gasteiger partial charge is 0.506 e. The maximum Gasteiger partial charge on any atom is 0.232 e. The third-order valence-electron chi connectivity index (χ3n) is 5.20. The van der Waals surface area contributed by atoms with Crippen molar-refractivity contribution in [3.63, 3.8) is 0 Å². The number of thioether (sulfide) groups is 2. The summed E-state index contributed by atoms with van der Waals surface area (Å²) in [5.74, 6) is 2.73. The molecule has 0 aliphatic rings. The van der Waals surface area contributed by atoms with Gasteiger partial charge >= 0.3 is 0 Å². The fourth-order valence-corrected chi connectivity index (χ4v) is 5.04. The van der Waals surface area contributed by atoms with Crippen LogP contribution in [0.3, 0.4) is 0 Å². The molecule has 0 amide bonds. The molecule has 0 bridgehead atoms. The molecule has 32 heavy (non-hydrogen) atoms. The Morgan fingerprint density at radius 2 is 1.19 bits per heavy atom. The Labute approximate surface area is 203 Å². The number of phenols is 1. The number of hydrogen-bond acceptors (Lipinski definition) is 7. The Morgan fingerprint density at radius 1 is 0.688 bits per heavy atom. The van der Waals surface area contributed by atoms with Gasteiger partial charge in [-0.05, 0) is 25.0 Å². The second kappa shape index (κ2) is 17.1. The highest BCUT2D eigenvalue weighted by molar-refractivity contribution is 7.99. The average molecular weight is 477 g/mol. The number of rotatable bonds is 18. The van der Waals surface area contributed by atoms with Crippen LogP contribution in [0.25, 0.3) is 0 Å². The quantitative estimate of drug-likeness (QED) is 0.127. The molecule has 0 aliphatic heterocycles. The molecule has 0 radical (unpaired) electrons. The molecule has 0 spiro atoms. The number of nitrogens with one attached hydrogen (secondary N) is 1. The van der Waals surface area contributed by atoms with Crippen molar-refractivity contribution in [2.24, 2.45) is 0 Å². The lowest BCUT2D eigenvalue weighted by Crippen LogP contribution is -2.03. The molecule has 1 aromatic heterocycles. The number of aromatic nitrogens is 3. The molecule has 0 fully saturated rings. The lowest BCUT2D eigenvalue weighted by atomic mass is 10.1. The third kappa shape index (κ3) is 11.4. The molecule has 0 saturated heterocycles. The molecule has 1 heterocycles. The van der Waals surface area contributed by atoms with Gasteiger partial charge in [0.05, 0.1) is 5.69 Å². The number of para-hydroxylation sites is 2. The lowest BCUT2D eigenvalue weighted by molar-refractivity contribution is 0.477. The summed E-state index contributed by atoms with van der Waals surface area (Å²) in [7, 11) is 0. The first-order chi connectivity index (χ1) is 15.7. The highest BCUT2D eigenvalue weighted by Crippen LogP contribution is 2.27. The van der Waals surface area contributed by atoms with Crippen molar-refractivity contribution in [1.82, 2.24) is 15.0 Å². The van der Waals surface area contributed by atoms with E-state index in [1.807, 2.05) is 12.1 Å². The highest BCUT2D eigenvalue weighted by atomic mass is 32.2. The van der Waals surface area contributed by atoms with E-state index < -0.39 is 0 Å². The zero-order valence-corrected chi connectivity index (χ0v) is 21.4. The number of aromatic hydroxyl groups is 1. The van der Waals surface area contributed by atoms with Crippen LogP contribution in [0.15, 0.2) is 34.6 Å². The molecular weight excluding hydrogens is 436 g/mol. The van der Waals surface area contributed by atoms with Gasteiger partial charge < -0.3 is 10.4 Å². The minimum Gasteiger partial charge on any atom is -0.506 e. The lowest BCUT2D eigenvalue weighted by Gasteiger charge is -2.10. The number of phenolic OH excluding ortho intramolecular Hbond substituents is 1. The van der Waals surface area contributed by atoms with Crippen LogP contribution in [0.2, 0.25) is 0 Å². The Kier molecular flexibility index (Phi) is 14.3. The van der Waals surface area contributed by atoms with Crippen LogP contribution in [-0.4, -0.2) is 31.6 Å². The molecule has 0 atom stereocenters. The number of benzene rings is 1. The van der Waals surface area contributed by atoms with E-state index in [-0.39, 0.29) is 5.75 Å². The maximum absolute atomic E-state index is 10.1. The summed E-state index contributed by atoms with van der Waals surface area (Å²) in [5, 5.41) is 14.8. The van der Waals surface area contributed by atoms with E-state index in [9.17, 15) is 5.11 Å². The predicted molar refractivity (Wildman–Crippen MR) is 139 cm³/mol. The average Bonchev–Trinajstić information content (AvgIpc) is 2.79. The summed E-state index contributed by atoms with van der Waals surface area (Å²) in [4.78, 5) is 13.9. The third-order valence-corrected chi connectivity index (χ3v) is 7.07. The normalized spacial score (nSPS) is 11.1. The molecule has 2 aromatic rings. The van der Waals surface area contributed by atoms with Crippen molar-refractivity contribution >= 4 is 35.2 Å². The van der Waals surface area contributed by atoms with Crippen LogP contribution in [0.1, 0.15) is 90.9 Å². The van der Waals surface area contributed by atoms with Gasteiger partial charge in [-0.25, -0.2) is 0 Å². The van der Waals surface area contributed by atoms with Gasteiger partial charge in [-0.3, -0.25) is 0 Å². The van der Waals surface area contributed by atoms with Gasteiger partial charge in [-0.2, -0.15) is 15.0 Å². The Morgan fingerprint density at radius 3 is 1.72 bits per heavy atom. The molecule has 2 N–H and O–H groups in total. The van der Waals surface area contributed by atoms with Gasteiger partial charge in [0.15, 0.2) is 10.3 Å². The van der Waals surface area contributed by atoms with Crippen molar-refractivity contribution in [2.45, 2.75) is 101 Å². The van der Waals surface area contributed by atoms with Crippen LogP contribution >= 0.6 is 23.5 Å². The summed E-state index contributed by atoms with van der Waals surface area (Å²) >= 11 is 3.40. The number of anilines is 2. The standard InChI is InChI=1S/C25H40N4OS2/c1-3-5-7-9-11-15-19-31-24-27-23(26-21-17-13-14-18-22(21)30)28-25(29-24)32-20-16-12-10-8-6-4-2/h13-14,17-18,30H,3-12,15-16,19-20H2,1-2H3,(H,26,27,28,29). The fraction of sp³-hybridized carbons (Fsp3) is 0.640. The van der Waals surface area contributed by atoms with E-state index in [1.165, 1.54) is 77.0 Å².